The van der Waals surface area contributed by atoms with Gasteiger partial charge in [-0.2, -0.15) is 0 Å². The molecular formula is C11H14BrN3S. The lowest BCUT2D eigenvalue weighted by molar-refractivity contribution is 0.326. The minimum atomic E-state index is 0.786. The quantitative estimate of drug-likeness (QED) is 0.909. The van der Waals surface area contributed by atoms with E-state index in [1.54, 1.807) is 11.8 Å². The van der Waals surface area contributed by atoms with Crippen LogP contribution in [-0.4, -0.2) is 30.5 Å². The van der Waals surface area contributed by atoms with E-state index >= 15 is 0 Å². The molecule has 0 spiro atoms. The van der Waals surface area contributed by atoms with Crippen molar-refractivity contribution in [2.75, 3.05) is 20.4 Å². The first kappa shape index (κ1) is 12.0. The fourth-order valence-electron chi connectivity index (χ4n) is 1.37. The molecule has 1 aliphatic rings. The van der Waals surface area contributed by atoms with Crippen molar-refractivity contribution < 1.29 is 0 Å². The van der Waals surface area contributed by atoms with Crippen LogP contribution < -0.4 is 5.32 Å². The van der Waals surface area contributed by atoms with Gasteiger partial charge in [-0.05, 0) is 24.7 Å². The molecule has 0 saturated carbocycles. The number of nitrogens with one attached hydrogen (secondary N) is 1. The Morgan fingerprint density at radius 1 is 1.56 bits per heavy atom. The molecule has 0 atom stereocenters. The van der Waals surface area contributed by atoms with Crippen LogP contribution in [0.15, 0.2) is 33.7 Å². The second-order valence-corrected chi connectivity index (χ2v) is 5.59. The van der Waals surface area contributed by atoms with Gasteiger partial charge in [0.05, 0.1) is 13.3 Å². The molecule has 2 rings (SSSR count). The van der Waals surface area contributed by atoms with Crippen LogP contribution in [0.5, 0.6) is 0 Å². The Morgan fingerprint density at radius 2 is 2.44 bits per heavy atom. The molecule has 0 unspecified atom stereocenters. The van der Waals surface area contributed by atoms with Gasteiger partial charge < -0.3 is 5.32 Å². The van der Waals surface area contributed by atoms with Crippen LogP contribution in [0.1, 0.15) is 5.56 Å². The number of benzene rings is 1. The number of nitrogens with zero attached hydrogens (tertiary/aromatic N) is 2. The Hall–Kier alpha value is -0.520. The summed E-state index contributed by atoms with van der Waals surface area (Å²) in [6, 6.07) is 8.37. The number of amidine groups is 1. The molecule has 0 aliphatic carbocycles. The van der Waals surface area contributed by atoms with Gasteiger partial charge in [-0.3, -0.25) is 4.90 Å². The number of thioether (sulfide) groups is 1. The predicted molar refractivity (Wildman–Crippen MR) is 73.5 cm³/mol. The third kappa shape index (κ3) is 3.50. The normalized spacial score (nSPS) is 16.8. The third-order valence-corrected chi connectivity index (χ3v) is 3.74. The second-order valence-electron chi connectivity index (χ2n) is 3.71. The van der Waals surface area contributed by atoms with Gasteiger partial charge in [0.1, 0.15) is 0 Å². The summed E-state index contributed by atoms with van der Waals surface area (Å²) in [6.45, 7) is 1.66. The maximum Gasteiger partial charge on any atom is 0.159 e. The molecule has 0 amide bonds. The fourth-order valence-corrected chi connectivity index (χ4v) is 2.61. The SMILES string of the molecule is CN1CN=C(SCc2cccc(Br)c2)NC1. The van der Waals surface area contributed by atoms with E-state index in [9.17, 15) is 0 Å². The molecule has 0 saturated heterocycles. The van der Waals surface area contributed by atoms with E-state index < -0.39 is 0 Å². The van der Waals surface area contributed by atoms with Crippen molar-refractivity contribution in [1.29, 1.82) is 0 Å². The average molecular weight is 300 g/mol. The molecule has 3 nitrogen and oxygen atoms in total. The Kier molecular flexibility index (Phi) is 4.26. The predicted octanol–water partition coefficient (Wildman–Crippen LogP) is 2.49. The molecule has 0 aromatic heterocycles. The van der Waals surface area contributed by atoms with E-state index in [-0.39, 0.29) is 0 Å². The van der Waals surface area contributed by atoms with Gasteiger partial charge in [-0.15, -0.1) is 0 Å². The van der Waals surface area contributed by atoms with Crippen molar-refractivity contribution in [3.63, 3.8) is 0 Å². The number of hydrogen-bond acceptors (Lipinski definition) is 4. The highest BCUT2D eigenvalue weighted by Crippen LogP contribution is 2.18. The summed E-state index contributed by atoms with van der Waals surface area (Å²) >= 11 is 5.23. The molecular weight excluding hydrogens is 286 g/mol. The smallest absolute Gasteiger partial charge is 0.159 e. The van der Waals surface area contributed by atoms with Crippen molar-refractivity contribution >= 4 is 32.9 Å². The summed E-state index contributed by atoms with van der Waals surface area (Å²) in [5.41, 5.74) is 1.31. The number of halogens is 1. The summed E-state index contributed by atoms with van der Waals surface area (Å²) in [4.78, 5) is 6.56. The maximum atomic E-state index is 4.43. The number of rotatable bonds is 2. The molecule has 86 valence electrons. The van der Waals surface area contributed by atoms with Crippen LogP contribution in [0.3, 0.4) is 0 Å². The van der Waals surface area contributed by atoms with E-state index in [4.69, 9.17) is 0 Å². The van der Waals surface area contributed by atoms with Crippen LogP contribution in [0.25, 0.3) is 0 Å². The Labute approximate surface area is 108 Å². The summed E-state index contributed by atoms with van der Waals surface area (Å²) in [5, 5.41) is 4.32. The zero-order valence-corrected chi connectivity index (χ0v) is 11.5. The molecule has 1 aromatic carbocycles. The Bertz CT molecular complexity index is 395. The molecule has 1 heterocycles. The zero-order valence-electron chi connectivity index (χ0n) is 9.11. The Morgan fingerprint density at radius 3 is 3.12 bits per heavy atom. The lowest BCUT2D eigenvalue weighted by Gasteiger charge is -2.22. The summed E-state index contributed by atoms with van der Waals surface area (Å²) < 4.78 is 1.13. The van der Waals surface area contributed by atoms with E-state index in [1.807, 2.05) is 13.1 Å². The summed E-state index contributed by atoms with van der Waals surface area (Å²) in [6.07, 6.45) is 0. The van der Waals surface area contributed by atoms with Crippen LogP contribution in [0.2, 0.25) is 0 Å². The zero-order chi connectivity index (χ0) is 11.4. The number of aliphatic imine (C=N–C) groups is 1. The highest BCUT2D eigenvalue weighted by atomic mass is 79.9. The van der Waals surface area contributed by atoms with E-state index in [1.165, 1.54) is 5.56 Å². The molecule has 1 aliphatic heterocycles. The van der Waals surface area contributed by atoms with Crippen molar-refractivity contribution in [3.05, 3.63) is 34.3 Å². The minimum Gasteiger partial charge on any atom is -0.352 e. The standard InChI is InChI=1S/C11H14BrN3S/c1-15-7-13-11(14-8-15)16-6-9-3-2-4-10(12)5-9/h2-5H,6-8H2,1H3,(H,13,14). The molecule has 0 bridgehead atoms. The average Bonchev–Trinajstić information content (AvgIpc) is 2.28. The molecule has 1 aromatic rings. The van der Waals surface area contributed by atoms with E-state index in [0.29, 0.717) is 0 Å². The van der Waals surface area contributed by atoms with Crippen molar-refractivity contribution in [2.45, 2.75) is 5.75 Å². The molecule has 1 N–H and O–H groups in total. The maximum absolute atomic E-state index is 4.43. The first-order valence-corrected chi connectivity index (χ1v) is 6.86. The van der Waals surface area contributed by atoms with Gasteiger partial charge in [-0.1, -0.05) is 39.8 Å². The molecule has 16 heavy (non-hydrogen) atoms. The number of hydrogen-bond donors (Lipinski definition) is 1. The summed E-state index contributed by atoms with van der Waals surface area (Å²) in [7, 11) is 2.05. The largest absolute Gasteiger partial charge is 0.352 e. The molecule has 0 radical (unpaired) electrons. The third-order valence-electron chi connectivity index (χ3n) is 2.22. The minimum absolute atomic E-state index is 0.786. The topological polar surface area (TPSA) is 27.6 Å². The van der Waals surface area contributed by atoms with Gasteiger partial charge in [-0.25, -0.2) is 4.99 Å². The van der Waals surface area contributed by atoms with Crippen LogP contribution in [0.4, 0.5) is 0 Å². The van der Waals surface area contributed by atoms with Gasteiger partial charge in [0.25, 0.3) is 0 Å². The van der Waals surface area contributed by atoms with Crippen molar-refractivity contribution in [1.82, 2.24) is 10.2 Å². The van der Waals surface area contributed by atoms with Gasteiger partial charge >= 0.3 is 0 Å². The van der Waals surface area contributed by atoms with Gasteiger partial charge in [0.15, 0.2) is 5.17 Å². The molecule has 0 fully saturated rings. The van der Waals surface area contributed by atoms with Gasteiger partial charge in [0.2, 0.25) is 0 Å². The highest BCUT2D eigenvalue weighted by Gasteiger charge is 2.08. The lowest BCUT2D eigenvalue weighted by atomic mass is 10.2. The first-order valence-electron chi connectivity index (χ1n) is 5.08. The van der Waals surface area contributed by atoms with E-state index in [0.717, 1.165) is 28.7 Å². The second kappa shape index (κ2) is 5.70. The lowest BCUT2D eigenvalue weighted by Crippen LogP contribution is -2.39. The van der Waals surface area contributed by atoms with Gasteiger partial charge in [0, 0.05) is 10.2 Å². The first-order chi connectivity index (χ1) is 7.74. The van der Waals surface area contributed by atoms with Crippen molar-refractivity contribution in [3.8, 4) is 0 Å². The van der Waals surface area contributed by atoms with Crippen molar-refractivity contribution in [2.24, 2.45) is 4.99 Å². The monoisotopic (exact) mass is 299 g/mol. The van der Waals surface area contributed by atoms with Crippen LogP contribution >= 0.6 is 27.7 Å². The van der Waals surface area contributed by atoms with E-state index in [2.05, 4.69) is 49.3 Å². The fraction of sp³-hybridized carbons (Fsp3) is 0.364. The summed E-state index contributed by atoms with van der Waals surface area (Å²) in [5.74, 6) is 0.953. The van der Waals surface area contributed by atoms with Crippen LogP contribution in [-0.2, 0) is 5.75 Å². The highest BCUT2D eigenvalue weighted by molar-refractivity contribution is 9.10. The Balaban J connectivity index is 1.88. The molecule has 5 heteroatoms. The van der Waals surface area contributed by atoms with Crippen LogP contribution in [0, 0.1) is 0 Å².